The van der Waals surface area contributed by atoms with Crippen molar-refractivity contribution < 1.29 is 9.15 Å². The molecule has 0 radical (unpaired) electrons. The molecule has 1 saturated heterocycles. The Bertz CT molecular complexity index is 598. The Morgan fingerprint density at radius 3 is 2.88 bits per heavy atom. The number of hydrogen-bond donors (Lipinski definition) is 1. The second-order valence-electron chi connectivity index (χ2n) is 3.90. The van der Waals surface area contributed by atoms with Gasteiger partial charge in [0.25, 0.3) is 0 Å². The normalized spacial score (nSPS) is 16.6. The zero-order chi connectivity index (χ0) is 11.8. The summed E-state index contributed by atoms with van der Waals surface area (Å²) in [5.74, 6) is 0.580. The summed E-state index contributed by atoms with van der Waals surface area (Å²) in [4.78, 5) is 13.9. The highest BCUT2D eigenvalue weighted by molar-refractivity contribution is 7.17. The molecule has 0 amide bonds. The van der Waals surface area contributed by atoms with Crippen molar-refractivity contribution >= 4 is 33.2 Å². The van der Waals surface area contributed by atoms with Crippen molar-refractivity contribution in [1.82, 2.24) is 0 Å². The molecule has 6 heteroatoms. The number of nitrogens with zero attached hydrogens (tertiary/aromatic N) is 1. The standard InChI is InChI=1S/C11H12N2O3S/c12-7-6-17-11-8(14)5-9(16-10(7)11)13-1-3-15-4-2-13/h5-6H,1-4,12H2. The highest BCUT2D eigenvalue weighted by Gasteiger charge is 2.16. The summed E-state index contributed by atoms with van der Waals surface area (Å²) in [7, 11) is 0. The van der Waals surface area contributed by atoms with Crippen LogP contribution in [0.5, 0.6) is 0 Å². The second-order valence-corrected chi connectivity index (χ2v) is 4.78. The lowest BCUT2D eigenvalue weighted by atomic mass is 10.3. The van der Waals surface area contributed by atoms with Crippen molar-refractivity contribution in [3.63, 3.8) is 0 Å². The van der Waals surface area contributed by atoms with Gasteiger partial charge in [-0.2, -0.15) is 0 Å². The number of hydrogen-bond acceptors (Lipinski definition) is 6. The van der Waals surface area contributed by atoms with Gasteiger partial charge in [-0.25, -0.2) is 0 Å². The first-order valence-electron chi connectivity index (χ1n) is 5.39. The van der Waals surface area contributed by atoms with Gasteiger partial charge in [0, 0.05) is 24.5 Å². The van der Waals surface area contributed by atoms with E-state index in [1.54, 1.807) is 5.38 Å². The molecule has 0 aliphatic carbocycles. The lowest BCUT2D eigenvalue weighted by Gasteiger charge is -2.26. The van der Waals surface area contributed by atoms with Crippen LogP contribution in [0.3, 0.4) is 0 Å². The monoisotopic (exact) mass is 252 g/mol. The van der Waals surface area contributed by atoms with E-state index in [1.165, 1.54) is 17.4 Å². The van der Waals surface area contributed by atoms with Crippen LogP contribution in [0.1, 0.15) is 0 Å². The maximum absolute atomic E-state index is 11.9. The molecule has 1 aliphatic rings. The smallest absolute Gasteiger partial charge is 0.204 e. The van der Waals surface area contributed by atoms with Gasteiger partial charge in [-0.1, -0.05) is 0 Å². The number of anilines is 2. The SMILES string of the molecule is Nc1csc2c(=O)cc(N3CCOCC3)oc12. The molecule has 3 rings (SSSR count). The molecule has 0 aromatic carbocycles. The van der Waals surface area contributed by atoms with Crippen LogP contribution in [0, 0.1) is 0 Å². The Labute approximate surface area is 101 Å². The summed E-state index contributed by atoms with van der Waals surface area (Å²) < 4.78 is 11.6. The Kier molecular flexibility index (Phi) is 2.53. The fourth-order valence-electron chi connectivity index (χ4n) is 1.89. The van der Waals surface area contributed by atoms with Crippen LogP contribution in [0.4, 0.5) is 11.6 Å². The van der Waals surface area contributed by atoms with Crippen molar-refractivity contribution in [3.05, 3.63) is 21.7 Å². The second kappa shape index (κ2) is 4.05. The molecule has 0 bridgehead atoms. The maximum atomic E-state index is 11.9. The van der Waals surface area contributed by atoms with Gasteiger partial charge in [0.1, 0.15) is 4.70 Å². The Morgan fingerprint density at radius 2 is 2.12 bits per heavy atom. The van der Waals surface area contributed by atoms with E-state index in [0.717, 1.165) is 13.1 Å². The van der Waals surface area contributed by atoms with Gasteiger partial charge >= 0.3 is 0 Å². The molecule has 17 heavy (non-hydrogen) atoms. The lowest BCUT2D eigenvalue weighted by Crippen LogP contribution is -2.36. The molecule has 0 unspecified atom stereocenters. The van der Waals surface area contributed by atoms with E-state index < -0.39 is 0 Å². The van der Waals surface area contributed by atoms with Gasteiger partial charge in [-0.3, -0.25) is 4.79 Å². The van der Waals surface area contributed by atoms with Crippen LogP contribution in [0.15, 0.2) is 20.7 Å². The summed E-state index contributed by atoms with van der Waals surface area (Å²) in [5, 5.41) is 1.73. The maximum Gasteiger partial charge on any atom is 0.204 e. The van der Waals surface area contributed by atoms with Crippen LogP contribution >= 0.6 is 11.3 Å². The van der Waals surface area contributed by atoms with E-state index in [-0.39, 0.29) is 5.43 Å². The number of thiophene rings is 1. The first-order chi connectivity index (χ1) is 8.25. The highest BCUT2D eigenvalue weighted by atomic mass is 32.1. The molecular formula is C11H12N2O3S. The molecule has 5 nitrogen and oxygen atoms in total. The van der Waals surface area contributed by atoms with Crippen LogP contribution < -0.4 is 16.1 Å². The summed E-state index contributed by atoms with van der Waals surface area (Å²) in [6.07, 6.45) is 0. The number of rotatable bonds is 1. The molecule has 90 valence electrons. The zero-order valence-corrected chi connectivity index (χ0v) is 9.96. The minimum absolute atomic E-state index is 0.0329. The van der Waals surface area contributed by atoms with Gasteiger partial charge in [0.05, 0.1) is 18.9 Å². The summed E-state index contributed by atoms with van der Waals surface area (Å²) in [6.45, 7) is 2.78. The van der Waals surface area contributed by atoms with Crippen molar-refractivity contribution in [2.45, 2.75) is 0 Å². The molecule has 2 aromatic heterocycles. The van der Waals surface area contributed by atoms with Crippen LogP contribution in [-0.2, 0) is 4.74 Å². The fourth-order valence-corrected chi connectivity index (χ4v) is 2.68. The largest absolute Gasteiger partial charge is 0.437 e. The van der Waals surface area contributed by atoms with Crippen LogP contribution in [0.2, 0.25) is 0 Å². The van der Waals surface area contributed by atoms with Gasteiger partial charge in [-0.15, -0.1) is 11.3 Å². The average molecular weight is 252 g/mol. The zero-order valence-electron chi connectivity index (χ0n) is 9.14. The number of ether oxygens (including phenoxy) is 1. The molecule has 3 heterocycles. The quantitative estimate of drug-likeness (QED) is 0.827. The van der Waals surface area contributed by atoms with E-state index in [2.05, 4.69) is 0 Å². The van der Waals surface area contributed by atoms with E-state index in [0.29, 0.717) is 35.1 Å². The van der Waals surface area contributed by atoms with Crippen LogP contribution in [-0.4, -0.2) is 26.3 Å². The topological polar surface area (TPSA) is 68.7 Å². The fraction of sp³-hybridized carbons (Fsp3) is 0.364. The minimum Gasteiger partial charge on any atom is -0.437 e. The van der Waals surface area contributed by atoms with Crippen molar-refractivity contribution in [3.8, 4) is 0 Å². The number of nitrogen functional groups attached to an aromatic ring is 1. The first kappa shape index (κ1) is 10.6. The predicted molar refractivity (Wildman–Crippen MR) is 67.8 cm³/mol. The van der Waals surface area contributed by atoms with Crippen molar-refractivity contribution in [1.29, 1.82) is 0 Å². The van der Waals surface area contributed by atoms with E-state index in [4.69, 9.17) is 14.9 Å². The summed E-state index contributed by atoms with van der Waals surface area (Å²) in [5.41, 5.74) is 6.77. The molecule has 0 saturated carbocycles. The average Bonchev–Trinajstić information content (AvgIpc) is 2.73. The number of morpholine rings is 1. The molecule has 1 aliphatic heterocycles. The Balaban J connectivity index is 2.10. The minimum atomic E-state index is -0.0329. The van der Waals surface area contributed by atoms with E-state index in [1.807, 2.05) is 4.90 Å². The molecular weight excluding hydrogens is 240 g/mol. The molecule has 1 fully saturated rings. The van der Waals surface area contributed by atoms with E-state index >= 15 is 0 Å². The van der Waals surface area contributed by atoms with Crippen molar-refractivity contribution in [2.24, 2.45) is 0 Å². The predicted octanol–water partition coefficient (Wildman–Crippen LogP) is 1.27. The number of fused-ring (bicyclic) bond motifs is 1. The molecule has 0 atom stereocenters. The summed E-state index contributed by atoms with van der Waals surface area (Å²) >= 11 is 1.32. The lowest BCUT2D eigenvalue weighted by molar-refractivity contribution is 0.121. The Hall–Kier alpha value is -1.53. The van der Waals surface area contributed by atoms with E-state index in [9.17, 15) is 4.79 Å². The summed E-state index contributed by atoms with van der Waals surface area (Å²) in [6, 6.07) is 1.53. The van der Waals surface area contributed by atoms with Gasteiger partial charge < -0.3 is 19.8 Å². The van der Waals surface area contributed by atoms with Crippen molar-refractivity contribution in [2.75, 3.05) is 36.9 Å². The molecule has 2 N–H and O–H groups in total. The Morgan fingerprint density at radius 1 is 1.35 bits per heavy atom. The number of nitrogens with two attached hydrogens (primary N) is 1. The third-order valence-electron chi connectivity index (χ3n) is 2.78. The van der Waals surface area contributed by atoms with Gasteiger partial charge in [-0.05, 0) is 0 Å². The van der Waals surface area contributed by atoms with Gasteiger partial charge in [0.15, 0.2) is 11.5 Å². The molecule has 2 aromatic rings. The molecule has 0 spiro atoms. The first-order valence-corrected chi connectivity index (χ1v) is 6.27. The van der Waals surface area contributed by atoms with Crippen LogP contribution in [0.25, 0.3) is 10.3 Å². The third kappa shape index (κ3) is 1.79. The third-order valence-corrected chi connectivity index (χ3v) is 3.77. The highest BCUT2D eigenvalue weighted by Crippen LogP contribution is 2.28. The van der Waals surface area contributed by atoms with Gasteiger partial charge in [0.2, 0.25) is 5.43 Å².